The Morgan fingerprint density at radius 3 is 0.875 bits per heavy atom. The molecule has 560 valence electrons. The Morgan fingerprint density at radius 1 is 0.417 bits per heavy atom. The maximum Gasteiger partial charge on any atom is 0.429 e. The highest BCUT2D eigenvalue weighted by atomic mass is 19.4. The second kappa shape index (κ2) is 32.5. The van der Waals surface area contributed by atoms with Crippen molar-refractivity contribution in [3.8, 4) is 0 Å². The number of alkyl halides is 26. The average Bonchev–Trinajstić information content (AvgIpc) is 1.31. The molecule has 12 atom stereocenters. The van der Waals surface area contributed by atoms with E-state index in [2.05, 4.69) is 45.3 Å². The Labute approximate surface area is 532 Å². The Bertz CT molecular complexity index is 2440. The maximum atomic E-state index is 14.4. The highest BCUT2D eigenvalue weighted by Gasteiger charge is 2.85. The fraction of sp³-hybridized carbons (Fsp3) is 0.793. The number of aliphatic hydroxyl groups is 4. The van der Waals surface area contributed by atoms with Crippen LogP contribution in [0.5, 0.6) is 0 Å². The van der Waals surface area contributed by atoms with Crippen molar-refractivity contribution in [2.24, 2.45) is 59.2 Å². The third-order valence-electron chi connectivity index (χ3n) is 18.5. The Morgan fingerprint density at radius 2 is 0.719 bits per heavy atom. The molecule has 8 aliphatic carbocycles. The van der Waals surface area contributed by atoms with Gasteiger partial charge < -0.3 is 39.4 Å². The van der Waals surface area contributed by atoms with Gasteiger partial charge in [-0.25, -0.2) is 28.0 Å². The molecule has 0 saturated heterocycles. The first-order valence-electron chi connectivity index (χ1n) is 28.8. The lowest BCUT2D eigenvalue weighted by Crippen LogP contribution is -2.70. The van der Waals surface area contributed by atoms with Crippen LogP contribution in [0, 0.1) is 59.2 Å². The molecule has 8 fully saturated rings. The quantitative estimate of drug-likeness (QED) is 0.0742. The summed E-state index contributed by atoms with van der Waals surface area (Å²) in [6.45, 7) is 14.4. The lowest BCUT2D eigenvalue weighted by atomic mass is 9.72. The van der Waals surface area contributed by atoms with Gasteiger partial charge in [-0.2, -0.15) is 105 Å². The molecule has 8 aliphatic rings. The van der Waals surface area contributed by atoms with Crippen LogP contribution in [-0.4, -0.2) is 156 Å². The molecule has 4 N–H and O–H groups in total. The van der Waals surface area contributed by atoms with Crippen LogP contribution in [0.2, 0.25) is 0 Å². The van der Waals surface area contributed by atoms with Gasteiger partial charge in [0.15, 0.2) is 11.3 Å². The van der Waals surface area contributed by atoms with Gasteiger partial charge >= 0.3 is 73.3 Å². The van der Waals surface area contributed by atoms with E-state index in [1.165, 1.54) is 28.4 Å². The van der Waals surface area contributed by atoms with Gasteiger partial charge in [0.25, 0.3) is 22.4 Å². The topological polar surface area (TPSA) is 186 Å². The van der Waals surface area contributed by atoms with E-state index in [1.807, 2.05) is 0 Å². The summed E-state index contributed by atoms with van der Waals surface area (Å²) in [5, 5.41) is 36.7. The molecule has 0 heterocycles. The molecule has 96 heavy (non-hydrogen) atoms. The van der Waals surface area contributed by atoms with Crippen LogP contribution in [0.1, 0.15) is 116 Å². The molecule has 0 spiro atoms. The number of carbonyl (C=O) groups is 4. The number of rotatable bonds is 9. The van der Waals surface area contributed by atoms with Gasteiger partial charge in [0, 0.05) is 29.7 Å². The van der Waals surface area contributed by atoms with Crippen LogP contribution in [0.15, 0.2) is 50.1 Å². The van der Waals surface area contributed by atoms with E-state index in [0.29, 0.717) is 56.9 Å². The molecule has 12 unspecified atom stereocenters. The number of fused-ring (bicyclic) bond motifs is 8. The molecule has 8 bridgehead atoms. The molecule has 38 heteroatoms. The van der Waals surface area contributed by atoms with Crippen molar-refractivity contribution in [1.29, 1.82) is 0 Å². The van der Waals surface area contributed by atoms with Crippen molar-refractivity contribution in [2.75, 3.05) is 28.4 Å². The molecule has 8 saturated carbocycles. The summed E-state index contributed by atoms with van der Waals surface area (Å²) in [7, 11) is 5.26. The van der Waals surface area contributed by atoms with Gasteiger partial charge in [-0.05, 0) is 156 Å². The van der Waals surface area contributed by atoms with Crippen molar-refractivity contribution in [3.63, 3.8) is 0 Å². The first-order valence-corrected chi connectivity index (χ1v) is 28.8. The maximum absolute atomic E-state index is 14.4. The van der Waals surface area contributed by atoms with E-state index in [9.17, 15) is 138 Å². The zero-order valence-electron chi connectivity index (χ0n) is 51.7. The zero-order valence-corrected chi connectivity index (χ0v) is 51.7. The highest BCUT2D eigenvalue weighted by Crippen LogP contribution is 2.66. The smallest absolute Gasteiger partial charge is 0.429 e. The highest BCUT2D eigenvalue weighted by molar-refractivity contribution is 5.86. The molecular formula is C58H74F26O12. The summed E-state index contributed by atoms with van der Waals surface area (Å²) in [5.74, 6) is -8.30. The number of hydrogen-bond donors (Lipinski definition) is 4. The summed E-state index contributed by atoms with van der Waals surface area (Å²) in [6, 6.07) is 0. The Kier molecular flexibility index (Phi) is 30.0. The molecule has 0 amide bonds. The van der Waals surface area contributed by atoms with E-state index in [4.69, 9.17) is 15.3 Å². The molecule has 8 rings (SSSR count). The van der Waals surface area contributed by atoms with Crippen LogP contribution < -0.4 is 0 Å². The minimum atomic E-state index is -6.08. The van der Waals surface area contributed by atoms with Crippen LogP contribution in [0.25, 0.3) is 0 Å². The minimum absolute atomic E-state index is 0.0228. The zero-order chi connectivity index (χ0) is 75.6. The molecular weight excluding hydrogens is 1380 g/mol. The van der Waals surface area contributed by atoms with Gasteiger partial charge in [-0.15, -0.1) is 0 Å². The molecule has 0 aromatic heterocycles. The van der Waals surface area contributed by atoms with Crippen LogP contribution >= 0.6 is 0 Å². The molecule has 0 aliphatic heterocycles. The predicted octanol–water partition coefficient (Wildman–Crippen LogP) is 15.5. The van der Waals surface area contributed by atoms with Crippen molar-refractivity contribution in [1.82, 2.24) is 0 Å². The SMILES string of the molecule is C=C(C)C(=O)OC.C=CC(=O)OC.C=CC(=O)OC.C=CC(=O)OC.OC(C(F)(F)F)(C(F)(F)F)C1(F)CC2CCC1C2.OC(C(F)(F)F)(C(F)(F)F)C1(F)CC2CCC1C2.OC(C1CC2CCC1C2)(C(F)(F)F)C(F)(F)F.OC(CC1CC2CCC1C2)(C(F)(F)F)C(F)(F)F. The summed E-state index contributed by atoms with van der Waals surface area (Å²) >= 11 is 0. The first-order chi connectivity index (χ1) is 43.1. The molecule has 12 nitrogen and oxygen atoms in total. The monoisotopic (exact) mass is 1460 g/mol. The van der Waals surface area contributed by atoms with E-state index in [0.717, 1.165) is 24.6 Å². The van der Waals surface area contributed by atoms with E-state index in [1.54, 1.807) is 6.92 Å². The standard InChI is InChI=1S/C11H14F6O.2C10H11F7O.C10H12F6O.C5H8O2.3C4H6O2/c12-10(13,14)9(18,11(15,16)17)5-8-4-6-1-2-7(8)3-6;2*11-7(4-5-1-2-6(7)3-5)8(18,9(12,13)14)10(15,16)17;11-9(12,13)8(17,10(14,15)16)7-4-5-1-2-6(7)3-5;1-4(2)5(6)7-3;3*1-3-4(5)6-2/h6-8,18H,1-5H2;2*5-6,18H,1-4H2;5-7,17H,1-4H2;1H2,2-3H3;3*3H,1H2,2H3. The van der Waals surface area contributed by atoms with Crippen LogP contribution in [0.4, 0.5) is 114 Å². The van der Waals surface area contributed by atoms with Crippen molar-refractivity contribution >= 4 is 23.9 Å². The van der Waals surface area contributed by atoms with Gasteiger partial charge in [0.2, 0.25) is 0 Å². The second-order valence-corrected chi connectivity index (χ2v) is 24.3. The van der Waals surface area contributed by atoms with Crippen molar-refractivity contribution in [2.45, 2.75) is 199 Å². The molecule has 0 aromatic rings. The van der Waals surface area contributed by atoms with E-state index < -0.39 is 162 Å². The fourth-order valence-corrected chi connectivity index (χ4v) is 13.8. The number of methoxy groups -OCH3 is 4. The van der Waals surface area contributed by atoms with Crippen molar-refractivity contribution < 1.29 is 173 Å². The lowest BCUT2D eigenvalue weighted by Gasteiger charge is -2.45. The number of ether oxygens (including phenoxy) is 4. The number of esters is 4. The minimum Gasteiger partial charge on any atom is -0.466 e. The summed E-state index contributed by atoms with van der Waals surface area (Å²) in [6.07, 6.45) is -42.1. The van der Waals surface area contributed by atoms with E-state index in [-0.39, 0.29) is 55.8 Å². The van der Waals surface area contributed by atoms with Gasteiger partial charge in [0.1, 0.15) is 0 Å². The first kappa shape index (κ1) is 88.9. The Balaban J connectivity index is 0.000000572. The summed E-state index contributed by atoms with van der Waals surface area (Å²) in [4.78, 5) is 39.7. The van der Waals surface area contributed by atoms with Crippen LogP contribution in [-0.2, 0) is 38.1 Å². The number of hydrogen-bond acceptors (Lipinski definition) is 12. The predicted molar refractivity (Wildman–Crippen MR) is 283 cm³/mol. The fourth-order valence-electron chi connectivity index (χ4n) is 13.8. The summed E-state index contributed by atoms with van der Waals surface area (Å²) in [5.41, 5.74) is -26.5. The van der Waals surface area contributed by atoms with Gasteiger partial charge in [-0.1, -0.05) is 39.2 Å². The third kappa shape index (κ3) is 19.4. The molecule has 0 aromatic carbocycles. The summed E-state index contributed by atoms with van der Waals surface area (Å²) < 4.78 is 348. The lowest BCUT2D eigenvalue weighted by molar-refractivity contribution is -0.409. The number of halogens is 26. The van der Waals surface area contributed by atoms with E-state index >= 15 is 0 Å². The average molecular weight is 1460 g/mol. The Hall–Kier alpha value is -5.14. The van der Waals surface area contributed by atoms with Crippen molar-refractivity contribution in [3.05, 3.63) is 50.1 Å². The third-order valence-corrected chi connectivity index (χ3v) is 18.5. The second-order valence-electron chi connectivity index (χ2n) is 24.3. The molecule has 0 radical (unpaired) electrons. The van der Waals surface area contributed by atoms with Gasteiger partial charge in [0.05, 0.1) is 28.4 Å². The van der Waals surface area contributed by atoms with Gasteiger partial charge in [-0.3, -0.25) is 0 Å². The van der Waals surface area contributed by atoms with Crippen LogP contribution in [0.3, 0.4) is 0 Å². The largest absolute Gasteiger partial charge is 0.466 e. The number of carbonyl (C=O) groups excluding carboxylic acids is 4. The normalized spacial score (nSPS) is 28.2.